The smallest absolute Gasteiger partial charge is 0.263 e. The summed E-state index contributed by atoms with van der Waals surface area (Å²) in [6.45, 7) is 4.63. The highest BCUT2D eigenvalue weighted by molar-refractivity contribution is 5.90. The molecule has 0 aliphatic heterocycles. The van der Waals surface area contributed by atoms with E-state index in [-0.39, 0.29) is 12.5 Å². The van der Waals surface area contributed by atoms with Gasteiger partial charge >= 0.3 is 0 Å². The van der Waals surface area contributed by atoms with Gasteiger partial charge in [0.2, 0.25) is 0 Å². The van der Waals surface area contributed by atoms with Gasteiger partial charge in [-0.2, -0.15) is 0 Å². The van der Waals surface area contributed by atoms with E-state index in [1.165, 1.54) is 11.1 Å². The van der Waals surface area contributed by atoms with Crippen molar-refractivity contribution in [2.24, 2.45) is 0 Å². The topological polar surface area (TPSA) is 76.1 Å². The van der Waals surface area contributed by atoms with Crippen LogP contribution in [0, 0.1) is 13.8 Å². The van der Waals surface area contributed by atoms with Crippen LogP contribution in [-0.2, 0) is 11.3 Å². The third kappa shape index (κ3) is 5.81. The predicted octanol–water partition coefficient (Wildman–Crippen LogP) is 3.72. The fraction of sp³-hybridized carbons (Fsp3) is 0.190. The van der Waals surface area contributed by atoms with Crippen molar-refractivity contribution in [2.75, 3.05) is 17.2 Å². The highest BCUT2D eigenvalue weighted by Gasteiger charge is 2.06. The summed E-state index contributed by atoms with van der Waals surface area (Å²) in [4.78, 5) is 12.0. The van der Waals surface area contributed by atoms with E-state index in [4.69, 9.17) is 4.74 Å². The Bertz CT molecular complexity index is 893. The molecule has 3 aromatic rings. The summed E-state index contributed by atoms with van der Waals surface area (Å²) >= 11 is 0. The molecule has 0 atom stereocenters. The van der Waals surface area contributed by atoms with Gasteiger partial charge in [0.15, 0.2) is 12.4 Å². The Morgan fingerprint density at radius 3 is 2.37 bits per heavy atom. The van der Waals surface area contributed by atoms with Crippen LogP contribution in [0.2, 0.25) is 0 Å². The van der Waals surface area contributed by atoms with Crippen LogP contribution in [0.1, 0.15) is 16.7 Å². The SMILES string of the molecule is Cc1ccc(OCC(=O)Nc2ccc(NCc3cccc(C)c3)nn2)cc1. The molecule has 0 saturated heterocycles. The van der Waals surface area contributed by atoms with Crippen molar-refractivity contribution in [1.82, 2.24) is 10.2 Å². The van der Waals surface area contributed by atoms with Crippen LogP contribution in [0.25, 0.3) is 0 Å². The molecule has 0 radical (unpaired) electrons. The fourth-order valence-corrected chi connectivity index (χ4v) is 2.47. The minimum atomic E-state index is -0.287. The maximum absolute atomic E-state index is 12.0. The molecule has 2 N–H and O–H groups in total. The van der Waals surface area contributed by atoms with Crippen LogP contribution in [-0.4, -0.2) is 22.7 Å². The van der Waals surface area contributed by atoms with Gasteiger partial charge in [-0.15, -0.1) is 10.2 Å². The molecule has 3 rings (SSSR count). The van der Waals surface area contributed by atoms with E-state index in [0.717, 1.165) is 5.56 Å². The quantitative estimate of drug-likeness (QED) is 0.670. The van der Waals surface area contributed by atoms with E-state index in [2.05, 4.69) is 46.0 Å². The number of ether oxygens (including phenoxy) is 1. The van der Waals surface area contributed by atoms with E-state index >= 15 is 0 Å². The molecule has 0 spiro atoms. The minimum absolute atomic E-state index is 0.0852. The normalized spacial score (nSPS) is 10.3. The second-order valence-corrected chi connectivity index (χ2v) is 6.30. The zero-order chi connectivity index (χ0) is 19.1. The van der Waals surface area contributed by atoms with Gasteiger partial charge in [-0.25, -0.2) is 0 Å². The van der Waals surface area contributed by atoms with Crippen LogP contribution in [0.4, 0.5) is 11.6 Å². The third-order valence-corrected chi connectivity index (χ3v) is 3.88. The van der Waals surface area contributed by atoms with Gasteiger partial charge < -0.3 is 15.4 Å². The number of nitrogens with one attached hydrogen (secondary N) is 2. The van der Waals surface area contributed by atoms with E-state index in [9.17, 15) is 4.79 Å². The number of hydrogen-bond acceptors (Lipinski definition) is 5. The number of hydrogen-bond donors (Lipinski definition) is 2. The number of benzene rings is 2. The molecular weight excluding hydrogens is 340 g/mol. The third-order valence-electron chi connectivity index (χ3n) is 3.88. The van der Waals surface area contributed by atoms with Gasteiger partial charge in [0, 0.05) is 6.54 Å². The second-order valence-electron chi connectivity index (χ2n) is 6.30. The minimum Gasteiger partial charge on any atom is -0.484 e. The Morgan fingerprint density at radius 2 is 1.67 bits per heavy atom. The molecule has 2 aromatic carbocycles. The van der Waals surface area contributed by atoms with Gasteiger partial charge in [-0.05, 0) is 43.7 Å². The molecule has 6 heteroatoms. The molecule has 0 unspecified atom stereocenters. The number of carbonyl (C=O) groups excluding carboxylic acids is 1. The molecular formula is C21H22N4O2. The average Bonchev–Trinajstić information content (AvgIpc) is 2.67. The lowest BCUT2D eigenvalue weighted by Gasteiger charge is -2.08. The molecule has 27 heavy (non-hydrogen) atoms. The molecule has 0 saturated carbocycles. The Kier molecular flexibility index (Phi) is 5.99. The second kappa shape index (κ2) is 8.80. The Balaban J connectivity index is 1.46. The number of rotatable bonds is 7. The molecule has 0 aliphatic carbocycles. The molecule has 0 aliphatic rings. The van der Waals surface area contributed by atoms with Crippen LogP contribution >= 0.6 is 0 Å². The zero-order valence-corrected chi connectivity index (χ0v) is 15.4. The number of aromatic nitrogens is 2. The van der Waals surface area contributed by atoms with Gasteiger partial charge in [-0.3, -0.25) is 4.79 Å². The van der Waals surface area contributed by atoms with E-state index < -0.39 is 0 Å². The van der Waals surface area contributed by atoms with Crippen molar-refractivity contribution in [2.45, 2.75) is 20.4 Å². The van der Waals surface area contributed by atoms with Crippen molar-refractivity contribution < 1.29 is 9.53 Å². The summed E-state index contributed by atoms with van der Waals surface area (Å²) in [6.07, 6.45) is 0. The van der Waals surface area contributed by atoms with Crippen molar-refractivity contribution in [3.8, 4) is 5.75 Å². The summed E-state index contributed by atoms with van der Waals surface area (Å²) < 4.78 is 5.44. The summed E-state index contributed by atoms with van der Waals surface area (Å²) in [5.41, 5.74) is 3.52. The standard InChI is InChI=1S/C21H22N4O2/c1-15-6-8-18(9-7-15)27-14-21(26)23-20-11-10-19(24-25-20)22-13-17-5-3-4-16(2)12-17/h3-12H,13-14H2,1-2H3,(H,22,24)(H,23,25,26). The van der Waals surface area contributed by atoms with E-state index in [1.807, 2.05) is 37.3 Å². The number of carbonyl (C=O) groups is 1. The van der Waals surface area contributed by atoms with E-state index in [0.29, 0.717) is 23.9 Å². The fourth-order valence-electron chi connectivity index (χ4n) is 2.47. The van der Waals surface area contributed by atoms with Crippen molar-refractivity contribution >= 4 is 17.5 Å². The molecule has 1 amide bonds. The number of amides is 1. The summed E-state index contributed by atoms with van der Waals surface area (Å²) in [5, 5.41) is 14.0. The zero-order valence-electron chi connectivity index (χ0n) is 15.4. The summed E-state index contributed by atoms with van der Waals surface area (Å²) in [6, 6.07) is 19.3. The molecule has 0 bridgehead atoms. The molecule has 6 nitrogen and oxygen atoms in total. The molecule has 1 heterocycles. The number of aryl methyl sites for hydroxylation is 2. The lowest BCUT2D eigenvalue weighted by molar-refractivity contribution is -0.118. The molecule has 1 aromatic heterocycles. The lowest BCUT2D eigenvalue weighted by atomic mass is 10.1. The van der Waals surface area contributed by atoms with Crippen molar-refractivity contribution in [3.63, 3.8) is 0 Å². The van der Waals surface area contributed by atoms with Gasteiger partial charge in [0.05, 0.1) is 0 Å². The number of nitrogens with zero attached hydrogens (tertiary/aromatic N) is 2. The molecule has 0 fully saturated rings. The average molecular weight is 362 g/mol. The highest BCUT2D eigenvalue weighted by Crippen LogP contribution is 2.12. The van der Waals surface area contributed by atoms with Crippen LogP contribution in [0.5, 0.6) is 5.75 Å². The maximum Gasteiger partial charge on any atom is 0.263 e. The Morgan fingerprint density at radius 1 is 0.926 bits per heavy atom. The van der Waals surface area contributed by atoms with Gasteiger partial charge in [0.25, 0.3) is 5.91 Å². The summed E-state index contributed by atoms with van der Waals surface area (Å²) in [5.74, 6) is 1.39. The molecule has 138 valence electrons. The first-order valence-corrected chi connectivity index (χ1v) is 8.71. The largest absolute Gasteiger partial charge is 0.484 e. The first-order valence-electron chi connectivity index (χ1n) is 8.71. The summed E-state index contributed by atoms with van der Waals surface area (Å²) in [7, 11) is 0. The van der Waals surface area contributed by atoms with Crippen molar-refractivity contribution in [1.29, 1.82) is 0 Å². The highest BCUT2D eigenvalue weighted by atomic mass is 16.5. The van der Waals surface area contributed by atoms with E-state index in [1.54, 1.807) is 12.1 Å². The van der Waals surface area contributed by atoms with Crippen LogP contribution in [0.15, 0.2) is 60.7 Å². The monoisotopic (exact) mass is 362 g/mol. The van der Waals surface area contributed by atoms with Crippen LogP contribution in [0.3, 0.4) is 0 Å². The van der Waals surface area contributed by atoms with Crippen LogP contribution < -0.4 is 15.4 Å². The lowest BCUT2D eigenvalue weighted by Crippen LogP contribution is -2.21. The Labute approximate surface area is 158 Å². The van der Waals surface area contributed by atoms with Gasteiger partial charge in [0.1, 0.15) is 11.6 Å². The maximum atomic E-state index is 12.0. The predicted molar refractivity (Wildman–Crippen MR) is 106 cm³/mol. The van der Waals surface area contributed by atoms with Crippen molar-refractivity contribution in [3.05, 3.63) is 77.4 Å². The van der Waals surface area contributed by atoms with Gasteiger partial charge in [-0.1, -0.05) is 47.5 Å². The first-order chi connectivity index (χ1) is 13.1. The first kappa shape index (κ1) is 18.4. The Hall–Kier alpha value is -3.41. The number of anilines is 2.